The third-order valence-electron chi connectivity index (χ3n) is 3.99. The van der Waals surface area contributed by atoms with Gasteiger partial charge in [-0.05, 0) is 20.8 Å². The van der Waals surface area contributed by atoms with Crippen LogP contribution in [0.15, 0.2) is 25.3 Å². The second-order valence-electron chi connectivity index (χ2n) is 6.46. The Morgan fingerprint density at radius 3 is 1.64 bits per heavy atom. The molecule has 0 aromatic carbocycles. The number of nitrogen functional groups attached to an aromatic ring is 1. The van der Waals surface area contributed by atoms with E-state index < -0.39 is 9.85 Å². The molecular weight excluding hydrogens is 537 g/mol. The van der Waals surface area contributed by atoms with E-state index in [4.69, 9.17) is 40.5 Å². The topological polar surface area (TPSA) is 177 Å². The predicted molar refractivity (Wildman–Crippen MR) is 144 cm³/mol. The van der Waals surface area contributed by atoms with Crippen LogP contribution in [0.1, 0.15) is 31.9 Å². The first-order valence-corrected chi connectivity index (χ1v) is 10.4. The predicted octanol–water partition coefficient (Wildman–Crippen LogP) is 6.10. The van der Waals surface area contributed by atoms with Crippen LogP contribution in [0, 0.1) is 41.0 Å². The molecule has 0 atom stereocenters. The third-order valence-corrected chi connectivity index (χ3v) is 5.02. The van der Waals surface area contributed by atoms with Gasteiger partial charge in [-0.15, -0.1) is 13.2 Å². The number of rotatable bonds is 6. The summed E-state index contributed by atoms with van der Waals surface area (Å²) >= 11 is 16.9. The monoisotopic (exact) mass is 565 g/mol. The highest BCUT2D eigenvalue weighted by atomic mass is 35.5. The molecule has 0 spiro atoms. The number of nitrogens with zero attached hydrogens (tertiary/aromatic N) is 7. The average molecular weight is 567 g/mol. The van der Waals surface area contributed by atoms with E-state index in [2.05, 4.69) is 33.6 Å². The second kappa shape index (κ2) is 15.5. The van der Waals surface area contributed by atoms with E-state index in [1.165, 1.54) is 11.6 Å². The van der Waals surface area contributed by atoms with Gasteiger partial charge in [-0.3, -0.25) is 25.3 Å². The van der Waals surface area contributed by atoms with E-state index in [0.717, 1.165) is 5.69 Å². The summed E-state index contributed by atoms with van der Waals surface area (Å²) in [6.45, 7) is 12.9. The van der Waals surface area contributed by atoms with E-state index in [-0.39, 0.29) is 36.5 Å². The van der Waals surface area contributed by atoms with Crippen LogP contribution in [0.4, 0.5) is 17.1 Å². The smallest absolute Gasteiger partial charge is 0.328 e. The van der Waals surface area contributed by atoms with Crippen LogP contribution in [0.25, 0.3) is 0 Å². The number of aromatic amines is 1. The Morgan fingerprint density at radius 2 is 1.36 bits per heavy atom. The van der Waals surface area contributed by atoms with Crippen LogP contribution in [0.2, 0.25) is 15.5 Å². The van der Waals surface area contributed by atoms with Crippen LogP contribution >= 0.6 is 34.8 Å². The minimum absolute atomic E-state index is 0. The van der Waals surface area contributed by atoms with E-state index >= 15 is 0 Å². The number of anilines is 1. The molecular formula is C20H30Cl3N9O4. The summed E-state index contributed by atoms with van der Waals surface area (Å²) in [5.41, 5.74) is 7.29. The van der Waals surface area contributed by atoms with Gasteiger partial charge >= 0.3 is 11.4 Å². The maximum atomic E-state index is 10.5. The second-order valence-corrected chi connectivity index (χ2v) is 7.53. The zero-order chi connectivity index (χ0) is 26.2. The minimum atomic E-state index is -0.568. The number of nitrogens with two attached hydrogens (primary N) is 1. The molecule has 13 nitrogen and oxygen atoms in total. The first-order chi connectivity index (χ1) is 15.9. The summed E-state index contributed by atoms with van der Waals surface area (Å²) in [6.07, 6.45) is 3.29. The first-order valence-electron chi connectivity index (χ1n) is 9.29. The van der Waals surface area contributed by atoms with Gasteiger partial charge in [-0.25, -0.2) is 9.36 Å². The number of hydrogen-bond acceptors (Lipinski definition) is 8. The van der Waals surface area contributed by atoms with E-state index in [0.29, 0.717) is 35.3 Å². The van der Waals surface area contributed by atoms with E-state index in [9.17, 15) is 20.2 Å². The molecule has 0 amide bonds. The van der Waals surface area contributed by atoms with Crippen molar-refractivity contribution in [3.8, 4) is 0 Å². The number of allylic oxidation sites excluding steroid dienone is 2. The molecule has 200 valence electrons. The Kier molecular flexibility index (Phi) is 15.0. The summed E-state index contributed by atoms with van der Waals surface area (Å²) in [6, 6.07) is 0. The number of aryl methyl sites for hydroxylation is 3. The molecule has 0 saturated carbocycles. The Morgan fingerprint density at radius 1 is 0.917 bits per heavy atom. The lowest BCUT2D eigenvalue weighted by Gasteiger charge is -1.95. The Hall–Kier alpha value is -3.42. The van der Waals surface area contributed by atoms with Crippen molar-refractivity contribution in [3.63, 3.8) is 0 Å². The minimum Gasteiger partial charge on any atom is -0.395 e. The highest BCUT2D eigenvalue weighted by Gasteiger charge is 2.22. The van der Waals surface area contributed by atoms with Crippen LogP contribution in [-0.2, 0) is 13.1 Å². The fourth-order valence-corrected chi connectivity index (χ4v) is 3.22. The molecule has 0 unspecified atom stereocenters. The first kappa shape index (κ1) is 34.7. The van der Waals surface area contributed by atoms with Crippen LogP contribution in [0.3, 0.4) is 0 Å². The highest BCUT2D eigenvalue weighted by molar-refractivity contribution is 6.32. The number of aromatic nitrogens is 6. The average Bonchev–Trinajstić information content (AvgIpc) is 3.32. The molecule has 3 heterocycles. The summed E-state index contributed by atoms with van der Waals surface area (Å²) in [7, 11) is 0. The van der Waals surface area contributed by atoms with Gasteiger partial charge in [0.15, 0.2) is 5.15 Å². The zero-order valence-electron chi connectivity index (χ0n) is 18.5. The van der Waals surface area contributed by atoms with Gasteiger partial charge in [-0.1, -0.05) is 61.8 Å². The van der Waals surface area contributed by atoms with Crippen molar-refractivity contribution in [3.05, 3.63) is 78.1 Å². The number of nitrogens with one attached hydrogen (secondary N) is 1. The van der Waals surface area contributed by atoms with E-state index in [1.807, 2.05) is 6.92 Å². The Labute approximate surface area is 223 Å². The molecule has 0 saturated heterocycles. The molecule has 16 heteroatoms. The molecule has 0 radical (unpaired) electrons. The molecule has 0 aliphatic heterocycles. The standard InChI is InChI=1S/C7H8ClN3O2.C7H10ClN3.C4H4ClN3O2.2CH4/c1-3-4-10-7(8)6(11(12)13)5(2)9-10;1-3-4-11-7(8)6(9)5(2)10-11;1-2-3(8(9)10)4(5)7-6-2;;/h3H,1,4H2,2H3;3H,1,4,9H2,2H3;1H3,(H,6,7);2*1H4. The number of H-pyrrole nitrogens is 1. The molecule has 0 aliphatic carbocycles. The third kappa shape index (κ3) is 8.66. The zero-order valence-corrected chi connectivity index (χ0v) is 20.7. The quantitative estimate of drug-likeness (QED) is 0.204. The molecule has 0 aliphatic rings. The summed E-state index contributed by atoms with van der Waals surface area (Å²) in [5.74, 6) is 0. The lowest BCUT2D eigenvalue weighted by atomic mass is 10.4. The number of nitro groups is 2. The van der Waals surface area contributed by atoms with Crippen LogP contribution in [-0.4, -0.2) is 39.6 Å². The largest absolute Gasteiger partial charge is 0.395 e. The fraction of sp³-hybridized carbons (Fsp3) is 0.350. The van der Waals surface area contributed by atoms with Gasteiger partial charge < -0.3 is 5.73 Å². The highest BCUT2D eigenvalue weighted by Crippen LogP contribution is 2.27. The molecule has 3 aromatic rings. The summed E-state index contributed by atoms with van der Waals surface area (Å²) in [5, 5.41) is 34.9. The van der Waals surface area contributed by atoms with Crippen molar-refractivity contribution in [2.45, 2.75) is 48.7 Å². The maximum Gasteiger partial charge on any atom is 0.328 e. The molecule has 0 bridgehead atoms. The van der Waals surface area contributed by atoms with Gasteiger partial charge in [0.2, 0.25) is 10.3 Å². The SMILES string of the molecule is C.C.C=CCn1nc(C)c(N)c1Cl.C=CCn1nc(C)c([N+](=O)[O-])c1Cl.Cc1[nH]nc(Cl)c1[N+](=O)[O-]. The van der Waals surface area contributed by atoms with Crippen molar-refractivity contribution >= 4 is 51.9 Å². The van der Waals surface area contributed by atoms with Gasteiger partial charge in [0.05, 0.1) is 34.3 Å². The van der Waals surface area contributed by atoms with Gasteiger partial charge in [0.25, 0.3) is 0 Å². The van der Waals surface area contributed by atoms with Crippen molar-refractivity contribution in [2.24, 2.45) is 0 Å². The van der Waals surface area contributed by atoms with Crippen molar-refractivity contribution in [2.75, 3.05) is 5.73 Å². The van der Waals surface area contributed by atoms with Gasteiger partial charge in [-0.2, -0.15) is 15.3 Å². The fourth-order valence-electron chi connectivity index (χ4n) is 2.41. The number of halogens is 3. The van der Waals surface area contributed by atoms with Crippen molar-refractivity contribution < 1.29 is 9.85 Å². The number of hydrogen-bond donors (Lipinski definition) is 2. The molecule has 3 N–H and O–H groups in total. The molecule has 3 rings (SSSR count). The van der Waals surface area contributed by atoms with Crippen molar-refractivity contribution in [1.82, 2.24) is 29.8 Å². The normalized spacial score (nSPS) is 9.39. The lowest BCUT2D eigenvalue weighted by Crippen LogP contribution is -1.97. The van der Waals surface area contributed by atoms with Crippen LogP contribution in [0.5, 0.6) is 0 Å². The van der Waals surface area contributed by atoms with E-state index in [1.54, 1.807) is 23.8 Å². The summed E-state index contributed by atoms with van der Waals surface area (Å²) < 4.78 is 2.95. The van der Waals surface area contributed by atoms with Gasteiger partial charge in [0.1, 0.15) is 11.4 Å². The Bertz CT molecular complexity index is 1180. The lowest BCUT2D eigenvalue weighted by molar-refractivity contribution is -0.385. The van der Waals surface area contributed by atoms with Crippen LogP contribution < -0.4 is 5.73 Å². The molecule has 3 aromatic heterocycles. The molecule has 0 fully saturated rings. The van der Waals surface area contributed by atoms with Gasteiger partial charge in [0, 0.05) is 0 Å². The Balaban J connectivity index is 0. The summed E-state index contributed by atoms with van der Waals surface area (Å²) in [4.78, 5) is 19.6. The van der Waals surface area contributed by atoms with Crippen molar-refractivity contribution in [1.29, 1.82) is 0 Å². The maximum absolute atomic E-state index is 10.5. The molecule has 36 heavy (non-hydrogen) atoms.